The normalized spacial score (nSPS) is 25.3. The highest BCUT2D eigenvalue weighted by Crippen LogP contribution is 2.34. The molecule has 1 aromatic rings. The van der Waals surface area contributed by atoms with Gasteiger partial charge in [0.15, 0.2) is 0 Å². The lowest BCUT2D eigenvalue weighted by Gasteiger charge is -2.23. The van der Waals surface area contributed by atoms with Gasteiger partial charge in [-0.25, -0.2) is 0 Å². The second-order valence-corrected chi connectivity index (χ2v) is 3.77. The first kappa shape index (κ1) is 10.2. The molecule has 0 saturated carbocycles. The van der Waals surface area contributed by atoms with Crippen LogP contribution in [0.4, 0.5) is 0 Å². The Bertz CT molecular complexity index is 347. The highest BCUT2D eigenvalue weighted by Gasteiger charge is 2.46. The first-order valence-corrected chi connectivity index (χ1v) is 5.01. The molecule has 1 heterocycles. The standard InChI is InChI=1S/C12H14O3/c1-14-9-12(7-8-15-11(12)13)10-5-3-2-4-6-10/h2-6H,7-9H2,1H3. The van der Waals surface area contributed by atoms with Gasteiger partial charge in [-0.2, -0.15) is 0 Å². The van der Waals surface area contributed by atoms with E-state index in [1.807, 2.05) is 30.3 Å². The number of hydrogen-bond donors (Lipinski definition) is 0. The lowest BCUT2D eigenvalue weighted by molar-refractivity contribution is -0.144. The maximum absolute atomic E-state index is 11.8. The van der Waals surface area contributed by atoms with E-state index < -0.39 is 5.41 Å². The van der Waals surface area contributed by atoms with Gasteiger partial charge in [0.05, 0.1) is 13.2 Å². The Morgan fingerprint density at radius 1 is 1.40 bits per heavy atom. The van der Waals surface area contributed by atoms with Crippen LogP contribution in [-0.4, -0.2) is 26.3 Å². The Morgan fingerprint density at radius 3 is 2.67 bits per heavy atom. The molecule has 2 rings (SSSR count). The SMILES string of the molecule is COCC1(c2ccccc2)CCOC1=O. The molecule has 0 spiro atoms. The van der Waals surface area contributed by atoms with Crippen molar-refractivity contribution >= 4 is 5.97 Å². The summed E-state index contributed by atoms with van der Waals surface area (Å²) in [5, 5.41) is 0. The summed E-state index contributed by atoms with van der Waals surface area (Å²) in [6.07, 6.45) is 0.698. The summed E-state index contributed by atoms with van der Waals surface area (Å²) in [5.74, 6) is -0.171. The molecule has 0 N–H and O–H groups in total. The quantitative estimate of drug-likeness (QED) is 0.703. The minimum absolute atomic E-state index is 0.171. The average Bonchev–Trinajstić information content (AvgIpc) is 2.63. The van der Waals surface area contributed by atoms with Gasteiger partial charge in [-0.1, -0.05) is 30.3 Å². The number of benzene rings is 1. The molecule has 80 valence electrons. The summed E-state index contributed by atoms with van der Waals surface area (Å²) in [6, 6.07) is 9.69. The minimum Gasteiger partial charge on any atom is -0.465 e. The smallest absolute Gasteiger partial charge is 0.319 e. The molecular formula is C12H14O3. The highest BCUT2D eigenvalue weighted by molar-refractivity contribution is 5.85. The maximum Gasteiger partial charge on any atom is 0.319 e. The summed E-state index contributed by atoms with van der Waals surface area (Å²) in [4.78, 5) is 11.8. The molecule has 3 heteroatoms. The van der Waals surface area contributed by atoms with Gasteiger partial charge >= 0.3 is 5.97 Å². The largest absolute Gasteiger partial charge is 0.465 e. The van der Waals surface area contributed by atoms with E-state index >= 15 is 0 Å². The van der Waals surface area contributed by atoms with Gasteiger partial charge in [-0.15, -0.1) is 0 Å². The summed E-state index contributed by atoms with van der Waals surface area (Å²) in [6.45, 7) is 0.868. The molecule has 1 unspecified atom stereocenters. The molecule has 3 nitrogen and oxygen atoms in total. The van der Waals surface area contributed by atoms with Gasteiger partial charge < -0.3 is 9.47 Å². The lowest BCUT2D eigenvalue weighted by atomic mass is 9.80. The van der Waals surface area contributed by atoms with E-state index in [4.69, 9.17) is 9.47 Å². The molecule has 0 aromatic heterocycles. The fourth-order valence-corrected chi connectivity index (χ4v) is 2.04. The molecule has 15 heavy (non-hydrogen) atoms. The van der Waals surface area contributed by atoms with Crippen molar-refractivity contribution in [3.05, 3.63) is 35.9 Å². The zero-order valence-electron chi connectivity index (χ0n) is 8.73. The number of hydrogen-bond acceptors (Lipinski definition) is 3. The van der Waals surface area contributed by atoms with Crippen molar-refractivity contribution in [2.75, 3.05) is 20.3 Å². The predicted octanol–water partition coefficient (Wildman–Crippen LogP) is 1.52. The van der Waals surface area contributed by atoms with E-state index in [-0.39, 0.29) is 5.97 Å². The Labute approximate surface area is 89.0 Å². The Hall–Kier alpha value is -1.35. The van der Waals surface area contributed by atoms with Crippen LogP contribution in [0.25, 0.3) is 0 Å². The van der Waals surface area contributed by atoms with Crippen LogP contribution in [0.1, 0.15) is 12.0 Å². The van der Waals surface area contributed by atoms with E-state index in [0.717, 1.165) is 5.56 Å². The van der Waals surface area contributed by atoms with Crippen molar-refractivity contribution in [3.8, 4) is 0 Å². The second kappa shape index (κ2) is 4.03. The number of cyclic esters (lactones) is 1. The third-order valence-corrected chi connectivity index (χ3v) is 2.87. The molecular weight excluding hydrogens is 192 g/mol. The summed E-state index contributed by atoms with van der Waals surface area (Å²) in [5.41, 5.74) is 0.394. The Balaban J connectivity index is 2.39. The monoisotopic (exact) mass is 206 g/mol. The number of rotatable bonds is 3. The van der Waals surface area contributed by atoms with Crippen LogP contribution in [0.3, 0.4) is 0 Å². The zero-order chi connectivity index (χ0) is 10.7. The number of carbonyl (C=O) groups excluding carboxylic acids is 1. The average molecular weight is 206 g/mol. The molecule has 0 bridgehead atoms. The van der Waals surface area contributed by atoms with E-state index in [1.165, 1.54) is 0 Å². The number of carbonyl (C=O) groups is 1. The first-order chi connectivity index (χ1) is 7.29. The number of methoxy groups -OCH3 is 1. The van der Waals surface area contributed by atoms with Gasteiger partial charge in [-0.05, 0) is 5.56 Å². The predicted molar refractivity (Wildman–Crippen MR) is 55.6 cm³/mol. The minimum atomic E-state index is -0.587. The Morgan fingerprint density at radius 2 is 2.13 bits per heavy atom. The molecule has 0 radical (unpaired) electrons. The molecule has 1 aliphatic rings. The van der Waals surface area contributed by atoms with E-state index in [0.29, 0.717) is 19.6 Å². The molecule has 1 aliphatic heterocycles. The molecule has 1 saturated heterocycles. The zero-order valence-corrected chi connectivity index (χ0v) is 8.73. The fraction of sp³-hybridized carbons (Fsp3) is 0.417. The highest BCUT2D eigenvalue weighted by atomic mass is 16.5. The van der Waals surface area contributed by atoms with Crippen molar-refractivity contribution in [3.63, 3.8) is 0 Å². The van der Waals surface area contributed by atoms with Crippen LogP contribution in [0, 0.1) is 0 Å². The van der Waals surface area contributed by atoms with E-state index in [2.05, 4.69) is 0 Å². The Kier molecular flexibility index (Phi) is 2.73. The second-order valence-electron chi connectivity index (χ2n) is 3.77. The van der Waals surface area contributed by atoms with Crippen LogP contribution in [-0.2, 0) is 19.7 Å². The molecule has 0 amide bonds. The van der Waals surface area contributed by atoms with Crippen molar-refractivity contribution in [1.82, 2.24) is 0 Å². The van der Waals surface area contributed by atoms with Crippen molar-refractivity contribution in [1.29, 1.82) is 0 Å². The number of esters is 1. The van der Waals surface area contributed by atoms with E-state index in [9.17, 15) is 4.79 Å². The van der Waals surface area contributed by atoms with Crippen molar-refractivity contribution in [2.45, 2.75) is 11.8 Å². The van der Waals surface area contributed by atoms with Crippen molar-refractivity contribution in [2.24, 2.45) is 0 Å². The van der Waals surface area contributed by atoms with Crippen LogP contribution < -0.4 is 0 Å². The number of ether oxygens (including phenoxy) is 2. The van der Waals surface area contributed by atoms with Gasteiger partial charge in [0, 0.05) is 13.5 Å². The van der Waals surface area contributed by atoms with Crippen molar-refractivity contribution < 1.29 is 14.3 Å². The van der Waals surface area contributed by atoms with Gasteiger partial charge in [0.25, 0.3) is 0 Å². The van der Waals surface area contributed by atoms with Crippen LogP contribution in [0.5, 0.6) is 0 Å². The van der Waals surface area contributed by atoms with Crippen LogP contribution >= 0.6 is 0 Å². The van der Waals surface area contributed by atoms with Gasteiger partial charge in [0.2, 0.25) is 0 Å². The summed E-state index contributed by atoms with van der Waals surface area (Å²) < 4.78 is 10.2. The van der Waals surface area contributed by atoms with E-state index in [1.54, 1.807) is 7.11 Å². The molecule has 1 fully saturated rings. The molecule has 1 atom stereocenters. The van der Waals surface area contributed by atoms with Gasteiger partial charge in [0.1, 0.15) is 5.41 Å². The summed E-state index contributed by atoms with van der Waals surface area (Å²) >= 11 is 0. The maximum atomic E-state index is 11.8. The third kappa shape index (κ3) is 1.63. The van der Waals surface area contributed by atoms with Gasteiger partial charge in [-0.3, -0.25) is 4.79 Å². The molecule has 0 aliphatic carbocycles. The van der Waals surface area contributed by atoms with Crippen LogP contribution in [0.2, 0.25) is 0 Å². The lowest BCUT2D eigenvalue weighted by Crippen LogP contribution is -2.36. The fourth-order valence-electron chi connectivity index (χ4n) is 2.04. The first-order valence-electron chi connectivity index (χ1n) is 5.01. The van der Waals surface area contributed by atoms with Crippen LogP contribution in [0.15, 0.2) is 30.3 Å². The topological polar surface area (TPSA) is 35.5 Å². The molecule has 1 aromatic carbocycles. The summed E-state index contributed by atoms with van der Waals surface area (Å²) in [7, 11) is 1.61. The third-order valence-electron chi connectivity index (χ3n) is 2.87.